The number of anilines is 1. The van der Waals surface area contributed by atoms with Crippen LogP contribution in [0.3, 0.4) is 0 Å². The van der Waals surface area contributed by atoms with E-state index >= 15 is 0 Å². The van der Waals surface area contributed by atoms with Gasteiger partial charge in [-0.1, -0.05) is 72.2 Å². The van der Waals surface area contributed by atoms with Gasteiger partial charge in [-0.15, -0.1) is 0 Å². The first-order valence-electron chi connectivity index (χ1n) is 12.2. The number of nitrogens with one attached hydrogen (secondary N) is 2. The summed E-state index contributed by atoms with van der Waals surface area (Å²) >= 11 is 12.2. The second-order valence-electron chi connectivity index (χ2n) is 8.85. The Morgan fingerprint density at radius 1 is 1.00 bits per heavy atom. The highest BCUT2D eigenvalue weighted by Crippen LogP contribution is 2.22. The predicted octanol–water partition coefficient (Wildman–Crippen LogP) is 2.92. The van der Waals surface area contributed by atoms with E-state index in [4.69, 9.17) is 27.9 Å². The van der Waals surface area contributed by atoms with Crippen LogP contribution in [0.4, 0.5) is 5.69 Å². The Morgan fingerprint density at radius 3 is 2.34 bits per heavy atom. The van der Waals surface area contributed by atoms with Crippen molar-refractivity contribution in [3.8, 4) is 0 Å². The molecule has 0 fully saturated rings. The summed E-state index contributed by atoms with van der Waals surface area (Å²) in [5.41, 5.74) is 1.59. The summed E-state index contributed by atoms with van der Waals surface area (Å²) in [5, 5.41) is 25.3. The predicted molar refractivity (Wildman–Crippen MR) is 159 cm³/mol. The Morgan fingerprint density at radius 2 is 1.68 bits per heavy atom. The third kappa shape index (κ3) is 9.32. The molecule has 0 aliphatic heterocycles. The van der Waals surface area contributed by atoms with Crippen molar-refractivity contribution in [2.45, 2.75) is 25.1 Å². The first-order chi connectivity index (χ1) is 19.4. The SMILES string of the molecule is C=CS(=O)(=O)N(C)c1cccc(C[C@H](NC(=O)c2cc(Cl)ccc2Cl)C(=O)N[C@@H](Cc2ccccc2)OB(O)O)c1. The molecule has 3 rings (SSSR count). The highest BCUT2D eigenvalue weighted by molar-refractivity contribution is 7.95. The fourth-order valence-corrected chi connectivity index (χ4v) is 4.86. The Bertz CT molecular complexity index is 1490. The number of carbonyl (C=O) groups excluding carboxylic acids is 2. The summed E-state index contributed by atoms with van der Waals surface area (Å²) in [5.74, 6) is -1.40. The Kier molecular flexibility index (Phi) is 11.4. The van der Waals surface area contributed by atoms with Crippen LogP contribution in [0.15, 0.2) is 84.8 Å². The molecule has 0 aliphatic carbocycles. The summed E-state index contributed by atoms with van der Waals surface area (Å²) in [4.78, 5) is 26.7. The van der Waals surface area contributed by atoms with Crippen molar-refractivity contribution in [2.24, 2.45) is 0 Å². The standard InChI is InChI=1S/C27H28BCl2N3O7S/c1-3-41(38,39)33(2)21-11-7-10-19(14-21)15-24(31-26(34)22-17-20(29)12-13-23(22)30)27(35)32-25(40-28(36)37)16-18-8-5-4-6-9-18/h3-14,17,24-25,36-37H,1,15-16H2,2H3,(H,31,34)(H,32,35)/t24-,25+/m0/s1. The highest BCUT2D eigenvalue weighted by Gasteiger charge is 2.28. The molecular formula is C27H28BCl2N3O7S. The molecule has 0 heterocycles. The molecule has 0 aliphatic rings. The number of rotatable bonds is 13. The van der Waals surface area contributed by atoms with E-state index in [-0.39, 0.29) is 28.5 Å². The van der Waals surface area contributed by atoms with Gasteiger partial charge in [0.15, 0.2) is 0 Å². The second-order valence-corrected chi connectivity index (χ2v) is 11.6. The number of hydrogen-bond acceptors (Lipinski definition) is 7. The molecule has 0 saturated carbocycles. The summed E-state index contributed by atoms with van der Waals surface area (Å²) < 4.78 is 30.7. The van der Waals surface area contributed by atoms with E-state index in [1.54, 1.807) is 54.6 Å². The van der Waals surface area contributed by atoms with Gasteiger partial charge < -0.3 is 25.3 Å². The molecule has 3 aromatic rings. The molecule has 2 atom stereocenters. The molecule has 0 bridgehead atoms. The Labute approximate surface area is 248 Å². The monoisotopic (exact) mass is 619 g/mol. The minimum Gasteiger partial charge on any atom is -0.402 e. The van der Waals surface area contributed by atoms with E-state index in [1.807, 2.05) is 0 Å². The number of sulfonamides is 1. The Hall–Kier alpha value is -3.39. The van der Waals surface area contributed by atoms with Crippen LogP contribution < -0.4 is 14.9 Å². The number of amides is 2. The third-order valence-electron chi connectivity index (χ3n) is 5.95. The number of halogens is 2. The van der Waals surface area contributed by atoms with Crippen LogP contribution in [-0.2, 0) is 32.3 Å². The molecule has 4 N–H and O–H groups in total. The lowest BCUT2D eigenvalue weighted by Gasteiger charge is -2.25. The van der Waals surface area contributed by atoms with Crippen LogP contribution in [0.2, 0.25) is 10.0 Å². The smallest absolute Gasteiger partial charge is 0.402 e. The summed E-state index contributed by atoms with van der Waals surface area (Å²) in [7, 11) is -4.60. The molecule has 0 radical (unpaired) electrons. The molecule has 10 nitrogen and oxygen atoms in total. The maximum absolute atomic E-state index is 13.5. The van der Waals surface area contributed by atoms with Gasteiger partial charge in [0, 0.05) is 30.3 Å². The lowest BCUT2D eigenvalue weighted by atomic mass is 10.0. The quantitative estimate of drug-likeness (QED) is 0.170. The maximum Gasteiger partial charge on any atom is 0.635 e. The molecule has 14 heteroatoms. The van der Waals surface area contributed by atoms with Gasteiger partial charge in [0.05, 0.1) is 16.3 Å². The van der Waals surface area contributed by atoms with Crippen molar-refractivity contribution in [3.63, 3.8) is 0 Å². The van der Waals surface area contributed by atoms with Crippen LogP contribution in [0.5, 0.6) is 0 Å². The van der Waals surface area contributed by atoms with Crippen molar-refractivity contribution < 1.29 is 32.7 Å². The Balaban J connectivity index is 1.92. The average Bonchev–Trinajstić information content (AvgIpc) is 2.93. The molecule has 3 aromatic carbocycles. The van der Waals surface area contributed by atoms with Crippen molar-refractivity contribution in [1.29, 1.82) is 0 Å². The zero-order valence-corrected chi connectivity index (χ0v) is 24.2. The van der Waals surface area contributed by atoms with Gasteiger partial charge in [-0.2, -0.15) is 0 Å². The van der Waals surface area contributed by atoms with Gasteiger partial charge in [0.25, 0.3) is 15.9 Å². The third-order valence-corrected chi connectivity index (χ3v) is 7.91. The normalized spacial score (nSPS) is 12.6. The van der Waals surface area contributed by atoms with Gasteiger partial charge >= 0.3 is 7.32 Å². The van der Waals surface area contributed by atoms with E-state index in [0.717, 1.165) is 15.3 Å². The van der Waals surface area contributed by atoms with E-state index in [0.29, 0.717) is 11.3 Å². The van der Waals surface area contributed by atoms with Crippen molar-refractivity contribution >= 4 is 58.0 Å². The number of nitrogens with zero attached hydrogens (tertiary/aromatic N) is 1. The first-order valence-corrected chi connectivity index (χ1v) is 14.5. The molecule has 2 amide bonds. The molecule has 216 valence electrons. The molecular weight excluding hydrogens is 592 g/mol. The highest BCUT2D eigenvalue weighted by atomic mass is 35.5. The van der Waals surface area contributed by atoms with Crippen molar-refractivity contribution in [1.82, 2.24) is 10.6 Å². The molecule has 41 heavy (non-hydrogen) atoms. The fraction of sp³-hybridized carbons (Fsp3) is 0.185. The van der Waals surface area contributed by atoms with Crippen molar-refractivity contribution in [3.05, 3.63) is 112 Å². The van der Waals surface area contributed by atoms with E-state index < -0.39 is 41.4 Å². The lowest BCUT2D eigenvalue weighted by molar-refractivity contribution is -0.125. The van der Waals surface area contributed by atoms with Gasteiger partial charge in [-0.25, -0.2) is 8.42 Å². The molecule has 0 spiro atoms. The number of hydrogen-bond donors (Lipinski definition) is 4. The van der Waals surface area contributed by atoms with Gasteiger partial charge in [-0.3, -0.25) is 13.9 Å². The van der Waals surface area contributed by atoms with Crippen LogP contribution in [0.1, 0.15) is 21.5 Å². The fourth-order valence-electron chi connectivity index (χ4n) is 3.86. The number of carbonyl (C=O) groups is 2. The van der Waals surface area contributed by atoms with Gasteiger partial charge in [-0.05, 0) is 41.5 Å². The zero-order valence-electron chi connectivity index (χ0n) is 21.9. The van der Waals surface area contributed by atoms with Gasteiger partial charge in [0.2, 0.25) is 5.91 Å². The van der Waals surface area contributed by atoms with Crippen molar-refractivity contribution in [2.75, 3.05) is 11.4 Å². The molecule has 0 aromatic heterocycles. The topological polar surface area (TPSA) is 145 Å². The van der Waals surface area contributed by atoms with Crippen LogP contribution in [0.25, 0.3) is 0 Å². The van der Waals surface area contributed by atoms with Crippen LogP contribution in [-0.4, -0.2) is 56.9 Å². The van der Waals surface area contributed by atoms with E-state index in [9.17, 15) is 28.1 Å². The molecule has 0 unspecified atom stereocenters. The van der Waals surface area contributed by atoms with Crippen LogP contribution >= 0.6 is 23.2 Å². The second kappa shape index (κ2) is 14.5. The molecule has 0 saturated heterocycles. The minimum atomic E-state index is -3.78. The average molecular weight is 620 g/mol. The van der Waals surface area contributed by atoms with Gasteiger partial charge in [0.1, 0.15) is 12.3 Å². The lowest BCUT2D eigenvalue weighted by Crippen LogP contribution is -2.52. The van der Waals surface area contributed by atoms with E-state index in [1.165, 1.54) is 25.2 Å². The minimum absolute atomic E-state index is 0.0328. The zero-order chi connectivity index (χ0) is 30.2. The summed E-state index contributed by atoms with van der Waals surface area (Å²) in [6.45, 7) is 3.33. The summed E-state index contributed by atoms with van der Waals surface area (Å²) in [6.07, 6.45) is -1.16. The van der Waals surface area contributed by atoms with Crippen LogP contribution in [0, 0.1) is 0 Å². The number of benzene rings is 3. The maximum atomic E-state index is 13.5. The summed E-state index contributed by atoms with van der Waals surface area (Å²) in [6, 6.07) is 18.4. The first kappa shape index (κ1) is 32.1. The van der Waals surface area contributed by atoms with E-state index in [2.05, 4.69) is 17.2 Å². The largest absolute Gasteiger partial charge is 0.635 e.